The lowest BCUT2D eigenvalue weighted by Gasteiger charge is -2.32. The smallest absolute Gasteiger partial charge is 0.209 e. The maximum Gasteiger partial charge on any atom is 0.209 e. The summed E-state index contributed by atoms with van der Waals surface area (Å²) in [6.07, 6.45) is 2.46. The van der Waals surface area contributed by atoms with Crippen molar-refractivity contribution in [1.82, 2.24) is 15.7 Å². The molecule has 0 spiro atoms. The van der Waals surface area contributed by atoms with Gasteiger partial charge >= 0.3 is 0 Å². The molecule has 0 saturated heterocycles. The molecular formula is C7H13FN4O2. The SMILES string of the molecule is OCCN(CCO)N1N=CC=C(F)N1. The van der Waals surface area contributed by atoms with Gasteiger partial charge in [-0.05, 0) is 0 Å². The minimum absolute atomic E-state index is 0.0982. The molecule has 3 N–H and O–H groups in total. The highest BCUT2D eigenvalue weighted by molar-refractivity contribution is 5.71. The van der Waals surface area contributed by atoms with Gasteiger partial charge in [0, 0.05) is 19.2 Å². The fraction of sp³-hybridized carbons (Fsp3) is 0.571. The molecule has 7 heteroatoms. The van der Waals surface area contributed by atoms with Crippen molar-refractivity contribution in [2.45, 2.75) is 0 Å². The molecule has 0 aromatic heterocycles. The molecule has 0 aromatic carbocycles. The Hall–Kier alpha value is -1.18. The van der Waals surface area contributed by atoms with E-state index in [1.54, 1.807) is 0 Å². The van der Waals surface area contributed by atoms with Gasteiger partial charge in [-0.25, -0.2) is 5.43 Å². The summed E-state index contributed by atoms with van der Waals surface area (Å²) in [5.74, 6) is -0.541. The quantitative estimate of drug-likeness (QED) is 0.491. The van der Waals surface area contributed by atoms with E-state index in [2.05, 4.69) is 10.5 Å². The van der Waals surface area contributed by atoms with Gasteiger partial charge in [0.25, 0.3) is 0 Å². The molecule has 0 aliphatic carbocycles. The largest absolute Gasteiger partial charge is 0.395 e. The van der Waals surface area contributed by atoms with Gasteiger partial charge in [-0.1, -0.05) is 0 Å². The van der Waals surface area contributed by atoms with Crippen LogP contribution in [0.1, 0.15) is 0 Å². The zero-order valence-electron chi connectivity index (χ0n) is 7.60. The Kier molecular flexibility index (Phi) is 4.30. The molecule has 0 bridgehead atoms. The number of hydrazine groups is 2. The van der Waals surface area contributed by atoms with E-state index in [-0.39, 0.29) is 26.3 Å². The van der Waals surface area contributed by atoms with Crippen molar-refractivity contribution < 1.29 is 14.6 Å². The molecular weight excluding hydrogens is 191 g/mol. The lowest BCUT2D eigenvalue weighted by Crippen LogP contribution is -2.50. The normalized spacial score (nSPS) is 15.7. The second kappa shape index (κ2) is 5.53. The molecule has 0 unspecified atom stereocenters. The van der Waals surface area contributed by atoms with E-state index in [1.165, 1.54) is 17.3 Å². The monoisotopic (exact) mass is 204 g/mol. The van der Waals surface area contributed by atoms with Crippen molar-refractivity contribution in [2.75, 3.05) is 26.3 Å². The van der Waals surface area contributed by atoms with E-state index in [0.717, 1.165) is 5.23 Å². The third kappa shape index (κ3) is 2.95. The first kappa shape index (κ1) is 10.9. The van der Waals surface area contributed by atoms with Crippen LogP contribution in [0.25, 0.3) is 0 Å². The van der Waals surface area contributed by atoms with Crippen LogP contribution >= 0.6 is 0 Å². The third-order valence-corrected chi connectivity index (χ3v) is 1.59. The first-order chi connectivity index (χ1) is 6.77. The summed E-state index contributed by atoms with van der Waals surface area (Å²) < 4.78 is 12.7. The number of nitrogens with zero attached hydrogens (tertiary/aromatic N) is 3. The Labute approximate surface area is 80.9 Å². The highest BCUT2D eigenvalue weighted by atomic mass is 19.1. The first-order valence-corrected chi connectivity index (χ1v) is 4.21. The van der Waals surface area contributed by atoms with Crippen molar-refractivity contribution in [1.29, 1.82) is 0 Å². The molecule has 0 fully saturated rings. The summed E-state index contributed by atoms with van der Waals surface area (Å²) >= 11 is 0. The maximum absolute atomic E-state index is 12.7. The predicted molar refractivity (Wildman–Crippen MR) is 48.4 cm³/mol. The minimum atomic E-state index is -0.541. The average Bonchev–Trinajstić information content (AvgIpc) is 2.17. The van der Waals surface area contributed by atoms with Gasteiger partial charge in [0.2, 0.25) is 5.95 Å². The van der Waals surface area contributed by atoms with E-state index in [4.69, 9.17) is 10.2 Å². The molecule has 6 nitrogen and oxygen atoms in total. The summed E-state index contributed by atoms with van der Waals surface area (Å²) in [6, 6.07) is 0. The van der Waals surface area contributed by atoms with Crippen LogP contribution in [0.3, 0.4) is 0 Å². The van der Waals surface area contributed by atoms with Crippen molar-refractivity contribution >= 4 is 6.21 Å². The van der Waals surface area contributed by atoms with Crippen LogP contribution in [0, 0.1) is 0 Å². The number of aliphatic hydroxyl groups is 2. The summed E-state index contributed by atoms with van der Waals surface area (Å²) in [6.45, 7) is 0.328. The van der Waals surface area contributed by atoms with Gasteiger partial charge in [-0.15, -0.1) is 10.3 Å². The minimum Gasteiger partial charge on any atom is -0.395 e. The summed E-state index contributed by atoms with van der Waals surface area (Å²) in [5, 5.41) is 23.9. The molecule has 14 heavy (non-hydrogen) atoms. The van der Waals surface area contributed by atoms with Gasteiger partial charge in [0.05, 0.1) is 19.4 Å². The number of nitrogens with one attached hydrogen (secondary N) is 1. The van der Waals surface area contributed by atoms with Crippen molar-refractivity contribution in [3.63, 3.8) is 0 Å². The number of hydrazone groups is 1. The Balaban J connectivity index is 2.51. The predicted octanol–water partition coefficient (Wildman–Crippen LogP) is -1.20. The molecule has 0 atom stereocenters. The van der Waals surface area contributed by atoms with E-state index >= 15 is 0 Å². The number of allylic oxidation sites excluding steroid dienone is 1. The third-order valence-electron chi connectivity index (χ3n) is 1.59. The lowest BCUT2D eigenvalue weighted by atomic mass is 10.6. The molecule has 0 aromatic rings. The molecule has 0 saturated carbocycles. The van der Waals surface area contributed by atoms with Crippen LogP contribution < -0.4 is 5.43 Å². The zero-order chi connectivity index (χ0) is 10.4. The molecule has 1 aliphatic heterocycles. The second-order valence-electron chi connectivity index (χ2n) is 2.58. The van der Waals surface area contributed by atoms with Gasteiger partial charge < -0.3 is 10.2 Å². The summed E-state index contributed by atoms with van der Waals surface area (Å²) in [5.41, 5.74) is 2.32. The standard InChI is InChI=1S/C7H13FN4O2/c8-7-1-2-9-12(10-7)11(3-5-13)4-6-14/h1-2,10,13-14H,3-6H2. The maximum atomic E-state index is 12.7. The van der Waals surface area contributed by atoms with E-state index in [0.29, 0.717) is 0 Å². The Morgan fingerprint density at radius 2 is 2.07 bits per heavy atom. The molecule has 1 heterocycles. The number of hydrogen-bond acceptors (Lipinski definition) is 6. The van der Waals surface area contributed by atoms with Gasteiger partial charge in [-0.2, -0.15) is 9.40 Å². The lowest BCUT2D eigenvalue weighted by molar-refractivity contribution is -0.0809. The van der Waals surface area contributed by atoms with Crippen molar-refractivity contribution in [3.05, 3.63) is 12.0 Å². The van der Waals surface area contributed by atoms with Gasteiger partial charge in [0.15, 0.2) is 0 Å². The van der Waals surface area contributed by atoms with Crippen LogP contribution in [-0.4, -0.2) is 53.0 Å². The van der Waals surface area contributed by atoms with Gasteiger partial charge in [0.1, 0.15) is 0 Å². The Morgan fingerprint density at radius 1 is 1.43 bits per heavy atom. The molecule has 0 radical (unpaired) electrons. The van der Waals surface area contributed by atoms with Gasteiger partial charge in [-0.3, -0.25) is 0 Å². The second-order valence-corrected chi connectivity index (χ2v) is 2.58. The Bertz CT molecular complexity index is 228. The zero-order valence-corrected chi connectivity index (χ0v) is 7.60. The van der Waals surface area contributed by atoms with Crippen molar-refractivity contribution in [3.8, 4) is 0 Å². The molecule has 0 amide bonds. The number of halogens is 1. The summed E-state index contributed by atoms with van der Waals surface area (Å²) in [7, 11) is 0. The van der Waals surface area contributed by atoms with Crippen molar-refractivity contribution in [2.24, 2.45) is 5.10 Å². The van der Waals surface area contributed by atoms with E-state index in [9.17, 15) is 4.39 Å². The number of rotatable bonds is 5. The van der Waals surface area contributed by atoms with Crippen LogP contribution in [-0.2, 0) is 0 Å². The average molecular weight is 204 g/mol. The van der Waals surface area contributed by atoms with Crippen LogP contribution in [0.2, 0.25) is 0 Å². The Morgan fingerprint density at radius 3 is 2.57 bits per heavy atom. The molecule has 1 rings (SSSR count). The highest BCUT2D eigenvalue weighted by Crippen LogP contribution is 2.02. The van der Waals surface area contributed by atoms with Crippen LogP contribution in [0.15, 0.2) is 17.1 Å². The number of aliphatic hydroxyl groups excluding tert-OH is 2. The fourth-order valence-electron chi connectivity index (χ4n) is 0.999. The summed E-state index contributed by atoms with van der Waals surface area (Å²) in [4.78, 5) is 0. The van der Waals surface area contributed by atoms with E-state index < -0.39 is 5.95 Å². The molecule has 80 valence electrons. The van der Waals surface area contributed by atoms with E-state index in [1.807, 2.05) is 0 Å². The fourth-order valence-corrected chi connectivity index (χ4v) is 0.999. The first-order valence-electron chi connectivity index (χ1n) is 4.21. The topological polar surface area (TPSA) is 71.3 Å². The van der Waals surface area contributed by atoms with Crippen LogP contribution in [0.5, 0.6) is 0 Å². The number of hydrogen-bond donors (Lipinski definition) is 3. The highest BCUT2D eigenvalue weighted by Gasteiger charge is 2.15. The molecule has 1 aliphatic rings. The van der Waals surface area contributed by atoms with Crippen LogP contribution in [0.4, 0.5) is 4.39 Å².